The van der Waals surface area contributed by atoms with Crippen LogP contribution >= 0.6 is 34.3 Å². The van der Waals surface area contributed by atoms with Crippen molar-refractivity contribution < 1.29 is 9.53 Å². The van der Waals surface area contributed by atoms with Crippen LogP contribution in [0.2, 0.25) is 4.34 Å². The lowest BCUT2D eigenvalue weighted by molar-refractivity contribution is 0.102. The number of halogens is 1. The van der Waals surface area contributed by atoms with Crippen LogP contribution in [-0.4, -0.2) is 17.5 Å². The van der Waals surface area contributed by atoms with Crippen molar-refractivity contribution in [2.45, 2.75) is 6.92 Å². The Balaban J connectivity index is 1.69. The molecule has 0 saturated heterocycles. The predicted octanol–water partition coefficient (Wildman–Crippen LogP) is 5.18. The summed E-state index contributed by atoms with van der Waals surface area (Å²) >= 11 is 8.77. The van der Waals surface area contributed by atoms with Crippen molar-refractivity contribution in [1.29, 1.82) is 0 Å². The highest BCUT2D eigenvalue weighted by Gasteiger charge is 2.11. The summed E-state index contributed by atoms with van der Waals surface area (Å²) in [6, 6.07) is 10.8. The molecule has 1 amide bonds. The fourth-order valence-corrected chi connectivity index (χ4v) is 3.72. The predicted molar refractivity (Wildman–Crippen MR) is 96.0 cm³/mol. The average molecular weight is 365 g/mol. The van der Waals surface area contributed by atoms with Gasteiger partial charge in [0.1, 0.15) is 5.75 Å². The van der Waals surface area contributed by atoms with Crippen molar-refractivity contribution in [2.75, 3.05) is 11.9 Å². The second-order valence-electron chi connectivity index (χ2n) is 4.55. The molecule has 0 aliphatic heterocycles. The van der Waals surface area contributed by atoms with Crippen molar-refractivity contribution in [1.82, 2.24) is 4.98 Å². The maximum Gasteiger partial charge on any atom is 0.257 e. The number of hydrogen-bond acceptors (Lipinski definition) is 5. The number of benzene rings is 1. The van der Waals surface area contributed by atoms with E-state index in [4.69, 9.17) is 16.3 Å². The van der Waals surface area contributed by atoms with E-state index in [0.29, 0.717) is 21.6 Å². The first-order valence-electron chi connectivity index (χ1n) is 6.91. The van der Waals surface area contributed by atoms with Gasteiger partial charge in [0.2, 0.25) is 0 Å². The Morgan fingerprint density at radius 2 is 2.04 bits per heavy atom. The quantitative estimate of drug-likeness (QED) is 0.678. The van der Waals surface area contributed by atoms with Crippen LogP contribution in [0.25, 0.3) is 10.6 Å². The number of nitrogens with zero attached hydrogens (tertiary/aromatic N) is 1. The summed E-state index contributed by atoms with van der Waals surface area (Å²) in [6.45, 7) is 2.52. The second kappa shape index (κ2) is 7.12. The number of amides is 1. The zero-order valence-electron chi connectivity index (χ0n) is 12.2. The molecular formula is C16H13ClN2O2S2. The molecule has 4 nitrogen and oxygen atoms in total. The first-order valence-corrected chi connectivity index (χ1v) is 8.98. The van der Waals surface area contributed by atoms with Crippen molar-refractivity contribution in [3.05, 3.63) is 51.7 Å². The minimum atomic E-state index is -0.196. The van der Waals surface area contributed by atoms with Gasteiger partial charge >= 0.3 is 0 Å². The monoisotopic (exact) mass is 364 g/mol. The highest BCUT2D eigenvalue weighted by Crippen LogP contribution is 2.32. The zero-order valence-corrected chi connectivity index (χ0v) is 14.6. The van der Waals surface area contributed by atoms with E-state index in [0.717, 1.165) is 16.3 Å². The minimum absolute atomic E-state index is 0.196. The van der Waals surface area contributed by atoms with Gasteiger partial charge in [0.05, 0.1) is 21.5 Å². The fourth-order valence-electron chi connectivity index (χ4n) is 1.93. The smallest absolute Gasteiger partial charge is 0.257 e. The number of thiophene rings is 1. The zero-order chi connectivity index (χ0) is 16.2. The minimum Gasteiger partial charge on any atom is -0.494 e. The number of ether oxygens (including phenoxy) is 1. The summed E-state index contributed by atoms with van der Waals surface area (Å²) in [7, 11) is 0. The molecule has 0 unspecified atom stereocenters. The Kier molecular flexibility index (Phi) is 4.95. The Hall–Kier alpha value is -1.89. The van der Waals surface area contributed by atoms with Gasteiger partial charge in [-0.2, -0.15) is 0 Å². The van der Waals surface area contributed by atoms with E-state index in [1.54, 1.807) is 24.3 Å². The number of thiazole rings is 1. The molecule has 2 heterocycles. The van der Waals surface area contributed by atoms with Crippen molar-refractivity contribution in [2.24, 2.45) is 0 Å². The molecule has 1 N–H and O–H groups in total. The van der Waals surface area contributed by atoms with Gasteiger partial charge in [-0.05, 0) is 43.3 Å². The number of aromatic nitrogens is 1. The molecule has 3 aromatic rings. The number of anilines is 1. The van der Waals surface area contributed by atoms with E-state index >= 15 is 0 Å². The van der Waals surface area contributed by atoms with Crippen molar-refractivity contribution in [3.8, 4) is 16.3 Å². The Labute approximate surface area is 146 Å². The van der Waals surface area contributed by atoms with Crippen molar-refractivity contribution in [3.63, 3.8) is 0 Å². The van der Waals surface area contributed by atoms with E-state index in [2.05, 4.69) is 10.3 Å². The molecule has 0 saturated carbocycles. The van der Waals surface area contributed by atoms with E-state index in [9.17, 15) is 4.79 Å². The highest BCUT2D eigenvalue weighted by molar-refractivity contribution is 7.20. The normalized spacial score (nSPS) is 10.5. The summed E-state index contributed by atoms with van der Waals surface area (Å²) in [4.78, 5) is 17.6. The summed E-state index contributed by atoms with van der Waals surface area (Å²) in [5.41, 5.74) is 1.37. The molecule has 0 aliphatic rings. The van der Waals surface area contributed by atoms with E-state index in [-0.39, 0.29) is 5.91 Å². The van der Waals surface area contributed by atoms with Gasteiger partial charge in [0, 0.05) is 10.9 Å². The van der Waals surface area contributed by atoms with Crippen LogP contribution in [0.5, 0.6) is 5.75 Å². The lowest BCUT2D eigenvalue weighted by atomic mass is 10.2. The molecule has 0 atom stereocenters. The van der Waals surface area contributed by atoms with Gasteiger partial charge < -0.3 is 4.74 Å². The second-order valence-corrected chi connectivity index (χ2v) is 7.13. The molecule has 23 heavy (non-hydrogen) atoms. The van der Waals surface area contributed by atoms with Crippen LogP contribution in [0.15, 0.2) is 41.8 Å². The molecule has 0 fully saturated rings. The van der Waals surface area contributed by atoms with Crippen LogP contribution in [-0.2, 0) is 0 Å². The first-order chi connectivity index (χ1) is 11.2. The molecule has 3 rings (SSSR count). The first kappa shape index (κ1) is 16.0. The molecule has 0 spiro atoms. The van der Waals surface area contributed by atoms with Crippen LogP contribution < -0.4 is 10.1 Å². The number of hydrogen-bond donors (Lipinski definition) is 1. The Morgan fingerprint density at radius 1 is 1.26 bits per heavy atom. The van der Waals surface area contributed by atoms with E-state index in [1.807, 2.05) is 24.4 Å². The summed E-state index contributed by atoms with van der Waals surface area (Å²) in [5, 5.41) is 5.26. The van der Waals surface area contributed by atoms with Gasteiger partial charge in [-0.25, -0.2) is 4.98 Å². The lowest BCUT2D eigenvalue weighted by Gasteiger charge is -2.04. The fraction of sp³-hybridized carbons (Fsp3) is 0.125. The average Bonchev–Trinajstić information content (AvgIpc) is 3.17. The molecular weight excluding hydrogens is 352 g/mol. The van der Waals surface area contributed by atoms with Gasteiger partial charge in [-0.15, -0.1) is 22.7 Å². The van der Waals surface area contributed by atoms with Gasteiger partial charge in [-0.3, -0.25) is 10.1 Å². The molecule has 1 aromatic carbocycles. The maximum absolute atomic E-state index is 12.2. The maximum atomic E-state index is 12.2. The SMILES string of the molecule is CCOc1ccc(C(=O)Nc2nc(-c3ccc(Cl)s3)cs2)cc1. The molecule has 0 bridgehead atoms. The molecule has 118 valence electrons. The van der Waals surface area contributed by atoms with Crippen LogP contribution in [0.4, 0.5) is 5.13 Å². The number of carbonyl (C=O) groups is 1. The topological polar surface area (TPSA) is 51.2 Å². The third-order valence-corrected chi connectivity index (χ3v) is 4.99. The highest BCUT2D eigenvalue weighted by atomic mass is 35.5. The Morgan fingerprint density at radius 3 is 2.70 bits per heavy atom. The number of carbonyl (C=O) groups excluding carboxylic acids is 1. The van der Waals surface area contributed by atoms with Crippen LogP contribution in [0.3, 0.4) is 0 Å². The third kappa shape index (κ3) is 3.90. The lowest BCUT2D eigenvalue weighted by Crippen LogP contribution is -2.11. The van der Waals surface area contributed by atoms with Crippen LogP contribution in [0, 0.1) is 0 Å². The number of nitrogens with one attached hydrogen (secondary N) is 1. The summed E-state index contributed by atoms with van der Waals surface area (Å²) < 4.78 is 6.08. The van der Waals surface area contributed by atoms with Crippen molar-refractivity contribution >= 4 is 45.3 Å². The third-order valence-electron chi connectivity index (χ3n) is 2.98. The Bertz CT molecular complexity index is 812. The van der Waals surface area contributed by atoms with Gasteiger partial charge in [-0.1, -0.05) is 11.6 Å². The van der Waals surface area contributed by atoms with E-state index in [1.165, 1.54) is 22.7 Å². The van der Waals surface area contributed by atoms with Gasteiger partial charge in [0.25, 0.3) is 5.91 Å². The standard InChI is InChI=1S/C16H13ClN2O2S2/c1-2-21-11-5-3-10(4-6-11)15(20)19-16-18-12(9-22-16)13-7-8-14(17)23-13/h3-9H,2H2,1H3,(H,18,19,20). The number of rotatable bonds is 5. The van der Waals surface area contributed by atoms with Gasteiger partial charge in [0.15, 0.2) is 5.13 Å². The summed E-state index contributed by atoms with van der Waals surface area (Å²) in [6.07, 6.45) is 0. The van der Waals surface area contributed by atoms with E-state index < -0.39 is 0 Å². The molecule has 0 radical (unpaired) electrons. The molecule has 2 aromatic heterocycles. The largest absolute Gasteiger partial charge is 0.494 e. The summed E-state index contributed by atoms with van der Waals surface area (Å²) in [5.74, 6) is 0.549. The molecule has 0 aliphatic carbocycles. The van der Waals surface area contributed by atoms with Crippen LogP contribution in [0.1, 0.15) is 17.3 Å². The molecule has 7 heteroatoms.